The van der Waals surface area contributed by atoms with Gasteiger partial charge >= 0.3 is 12.2 Å². The van der Waals surface area contributed by atoms with Crippen LogP contribution in [0.4, 0.5) is 29.3 Å². The maximum atomic E-state index is 13.1. The highest BCUT2D eigenvalue weighted by Crippen LogP contribution is 2.39. The van der Waals surface area contributed by atoms with Crippen molar-refractivity contribution in [1.82, 2.24) is 10.3 Å². The summed E-state index contributed by atoms with van der Waals surface area (Å²) < 4.78 is 45.1. The molecule has 0 aliphatic heterocycles. The Morgan fingerprint density at radius 2 is 1.68 bits per heavy atom. The standard InChI is InChI=1S/C28H23Cl2F3N4O3/c1-16-25(37(2)24(38)14-34-27(39)36-18-8-5-7-17(13-18)28(31,32)33)26(19-9-3-4-12-23(19)35-16)40-15-20-21(29)10-6-11-22(20)30/h3-13H,14-15H2,1-2H3,(H2,34,36,39). The van der Waals surface area contributed by atoms with E-state index in [4.69, 9.17) is 27.9 Å². The fraction of sp³-hybridized carbons (Fsp3) is 0.179. The minimum atomic E-state index is -4.56. The summed E-state index contributed by atoms with van der Waals surface area (Å²) in [5.41, 5.74) is 1.08. The van der Waals surface area contributed by atoms with E-state index in [0.717, 1.165) is 12.1 Å². The highest BCUT2D eigenvalue weighted by molar-refractivity contribution is 6.36. The van der Waals surface area contributed by atoms with Gasteiger partial charge in [-0.3, -0.25) is 9.78 Å². The van der Waals surface area contributed by atoms with Gasteiger partial charge in [-0.15, -0.1) is 0 Å². The van der Waals surface area contributed by atoms with E-state index in [-0.39, 0.29) is 12.3 Å². The summed E-state index contributed by atoms with van der Waals surface area (Å²) in [6, 6.07) is 15.7. The third kappa shape index (κ3) is 6.57. The third-order valence-electron chi connectivity index (χ3n) is 5.97. The third-order valence-corrected chi connectivity index (χ3v) is 6.68. The zero-order valence-corrected chi connectivity index (χ0v) is 22.8. The molecule has 7 nitrogen and oxygen atoms in total. The summed E-state index contributed by atoms with van der Waals surface area (Å²) in [7, 11) is 1.50. The molecular weight excluding hydrogens is 568 g/mol. The predicted octanol–water partition coefficient (Wildman–Crippen LogP) is 7.23. The van der Waals surface area contributed by atoms with Crippen molar-refractivity contribution in [2.75, 3.05) is 23.8 Å². The quantitative estimate of drug-likeness (QED) is 0.238. The summed E-state index contributed by atoms with van der Waals surface area (Å²) in [4.78, 5) is 31.3. The molecule has 1 aromatic heterocycles. The van der Waals surface area contributed by atoms with Crippen molar-refractivity contribution in [2.45, 2.75) is 19.7 Å². The normalized spacial score (nSPS) is 11.3. The minimum absolute atomic E-state index is 0.0125. The van der Waals surface area contributed by atoms with E-state index in [1.54, 1.807) is 37.3 Å². The second kappa shape index (κ2) is 12.0. The number of hydrogen-bond donors (Lipinski definition) is 2. The van der Waals surface area contributed by atoms with Crippen LogP contribution in [0, 0.1) is 6.92 Å². The first-order valence-corrected chi connectivity index (χ1v) is 12.6. The van der Waals surface area contributed by atoms with Gasteiger partial charge in [0.25, 0.3) is 0 Å². The Labute approximate surface area is 237 Å². The van der Waals surface area contributed by atoms with Crippen LogP contribution >= 0.6 is 23.2 Å². The molecular formula is C28H23Cl2F3N4O3. The summed E-state index contributed by atoms with van der Waals surface area (Å²) in [6.45, 7) is 1.27. The molecule has 0 spiro atoms. The Morgan fingerprint density at radius 1 is 1.00 bits per heavy atom. The first-order valence-electron chi connectivity index (χ1n) is 11.9. The molecule has 4 aromatic rings. The van der Waals surface area contributed by atoms with E-state index in [9.17, 15) is 22.8 Å². The van der Waals surface area contributed by atoms with Crippen molar-refractivity contribution in [3.8, 4) is 5.75 Å². The number of aromatic nitrogens is 1. The molecule has 208 valence electrons. The van der Waals surface area contributed by atoms with Gasteiger partial charge < -0.3 is 20.3 Å². The van der Waals surface area contributed by atoms with Crippen LogP contribution in [0.25, 0.3) is 10.9 Å². The van der Waals surface area contributed by atoms with Gasteiger partial charge in [-0.1, -0.05) is 47.5 Å². The number of carbonyl (C=O) groups is 2. The number of benzene rings is 3. The average molecular weight is 591 g/mol. The number of pyridine rings is 1. The first-order chi connectivity index (χ1) is 19.0. The molecule has 0 atom stereocenters. The number of halogens is 5. The van der Waals surface area contributed by atoms with E-state index >= 15 is 0 Å². The van der Waals surface area contributed by atoms with Crippen molar-refractivity contribution in [1.29, 1.82) is 0 Å². The Hall–Kier alpha value is -4.02. The molecule has 0 unspecified atom stereocenters. The zero-order chi connectivity index (χ0) is 29.0. The maximum absolute atomic E-state index is 13.1. The number of urea groups is 1. The van der Waals surface area contributed by atoms with Crippen LogP contribution in [0.15, 0.2) is 66.7 Å². The topological polar surface area (TPSA) is 83.6 Å². The number of rotatable bonds is 7. The van der Waals surface area contributed by atoms with Gasteiger partial charge in [-0.25, -0.2) is 4.79 Å². The number of hydrogen-bond acceptors (Lipinski definition) is 4. The molecule has 0 aliphatic carbocycles. The lowest BCUT2D eigenvalue weighted by atomic mass is 10.1. The predicted molar refractivity (Wildman–Crippen MR) is 149 cm³/mol. The lowest BCUT2D eigenvalue weighted by Crippen LogP contribution is -2.40. The van der Waals surface area contributed by atoms with Gasteiger partial charge in [0.2, 0.25) is 5.91 Å². The molecule has 2 N–H and O–H groups in total. The highest BCUT2D eigenvalue weighted by Gasteiger charge is 2.30. The molecule has 0 fully saturated rings. The first kappa shape index (κ1) is 29.0. The van der Waals surface area contributed by atoms with Gasteiger partial charge in [-0.05, 0) is 49.4 Å². The highest BCUT2D eigenvalue weighted by atomic mass is 35.5. The van der Waals surface area contributed by atoms with Crippen molar-refractivity contribution in [3.63, 3.8) is 0 Å². The van der Waals surface area contributed by atoms with Crippen molar-refractivity contribution in [2.24, 2.45) is 0 Å². The van der Waals surface area contributed by atoms with Gasteiger partial charge in [0, 0.05) is 33.7 Å². The minimum Gasteiger partial charge on any atom is -0.486 e. The Bertz CT molecular complexity index is 1560. The van der Waals surface area contributed by atoms with Crippen molar-refractivity contribution in [3.05, 3.63) is 93.6 Å². The second-order valence-electron chi connectivity index (χ2n) is 8.72. The Kier molecular flexibility index (Phi) is 8.70. The van der Waals surface area contributed by atoms with Crippen LogP contribution in [0.5, 0.6) is 5.75 Å². The van der Waals surface area contributed by atoms with Crippen LogP contribution in [0.1, 0.15) is 16.8 Å². The van der Waals surface area contributed by atoms with E-state index in [0.29, 0.717) is 43.6 Å². The number of fused-ring (bicyclic) bond motifs is 1. The smallest absolute Gasteiger partial charge is 0.416 e. The van der Waals surface area contributed by atoms with Gasteiger partial charge in [-0.2, -0.15) is 13.2 Å². The summed E-state index contributed by atoms with van der Waals surface area (Å²) >= 11 is 12.6. The molecule has 40 heavy (non-hydrogen) atoms. The number of carbonyl (C=O) groups excluding carboxylic acids is 2. The lowest BCUT2D eigenvalue weighted by molar-refractivity contribution is -0.137. The number of ether oxygens (including phenoxy) is 1. The van der Waals surface area contributed by atoms with E-state index < -0.39 is 30.2 Å². The van der Waals surface area contributed by atoms with Gasteiger partial charge in [0.1, 0.15) is 12.3 Å². The number of nitrogens with one attached hydrogen (secondary N) is 2. The van der Waals surface area contributed by atoms with E-state index in [2.05, 4.69) is 15.6 Å². The fourth-order valence-corrected chi connectivity index (χ4v) is 4.50. The van der Waals surface area contributed by atoms with Crippen LogP contribution in [0.2, 0.25) is 10.0 Å². The average Bonchev–Trinajstić information content (AvgIpc) is 2.90. The van der Waals surface area contributed by atoms with Gasteiger partial charge in [0.15, 0.2) is 5.75 Å². The monoisotopic (exact) mass is 590 g/mol. The van der Waals surface area contributed by atoms with Crippen molar-refractivity contribution < 1.29 is 27.5 Å². The molecule has 4 rings (SSSR count). The largest absolute Gasteiger partial charge is 0.486 e. The number of anilines is 2. The molecule has 0 bridgehead atoms. The van der Waals surface area contributed by atoms with E-state index in [1.165, 1.54) is 24.1 Å². The number of amides is 3. The SMILES string of the molecule is Cc1nc2ccccc2c(OCc2c(Cl)cccc2Cl)c1N(C)C(=O)CNC(=O)Nc1cccc(C(F)(F)F)c1. The van der Waals surface area contributed by atoms with E-state index in [1.807, 2.05) is 12.1 Å². The number of para-hydroxylation sites is 1. The van der Waals surface area contributed by atoms with Crippen LogP contribution in [-0.4, -0.2) is 30.5 Å². The molecule has 12 heteroatoms. The van der Waals surface area contributed by atoms with Crippen LogP contribution in [-0.2, 0) is 17.6 Å². The maximum Gasteiger partial charge on any atom is 0.416 e. The summed E-state index contributed by atoms with van der Waals surface area (Å²) in [6.07, 6.45) is -4.56. The zero-order valence-electron chi connectivity index (χ0n) is 21.3. The molecule has 0 aliphatic rings. The van der Waals surface area contributed by atoms with Crippen LogP contribution < -0.4 is 20.3 Å². The molecule has 1 heterocycles. The van der Waals surface area contributed by atoms with Crippen LogP contribution in [0.3, 0.4) is 0 Å². The summed E-state index contributed by atoms with van der Waals surface area (Å²) in [5, 5.41) is 6.15. The summed E-state index contributed by atoms with van der Waals surface area (Å²) in [5.74, 6) is -0.164. The van der Waals surface area contributed by atoms with Crippen molar-refractivity contribution >= 4 is 57.4 Å². The molecule has 0 saturated carbocycles. The number of nitrogens with zero attached hydrogens (tertiary/aromatic N) is 2. The Morgan fingerprint density at radius 3 is 2.38 bits per heavy atom. The second-order valence-corrected chi connectivity index (χ2v) is 9.53. The van der Waals surface area contributed by atoms with Gasteiger partial charge in [0.05, 0.1) is 23.3 Å². The molecule has 0 radical (unpaired) electrons. The molecule has 3 amide bonds. The fourth-order valence-electron chi connectivity index (χ4n) is 3.99. The molecule has 0 saturated heterocycles. The molecule has 3 aromatic carbocycles. The Balaban J connectivity index is 1.53. The number of alkyl halides is 3. The lowest BCUT2D eigenvalue weighted by Gasteiger charge is -2.24. The number of likely N-dealkylation sites (N-methyl/N-ethyl adjacent to an activating group) is 1. The number of aryl methyl sites for hydroxylation is 1.